The molecule has 2 aromatic rings. The lowest BCUT2D eigenvalue weighted by molar-refractivity contribution is 0.0696. The van der Waals surface area contributed by atoms with Crippen LogP contribution in [0.4, 0.5) is 0 Å². The lowest BCUT2D eigenvalue weighted by Crippen LogP contribution is -1.95. The van der Waals surface area contributed by atoms with Crippen LogP contribution in [0.15, 0.2) is 17.5 Å². The zero-order chi connectivity index (χ0) is 12.6. The molecule has 0 amide bonds. The van der Waals surface area contributed by atoms with E-state index < -0.39 is 5.97 Å². The molecule has 0 bridgehead atoms. The van der Waals surface area contributed by atoms with Crippen molar-refractivity contribution < 1.29 is 9.90 Å². The Morgan fingerprint density at radius 1 is 1.18 bits per heavy atom. The van der Waals surface area contributed by atoms with Gasteiger partial charge in [-0.25, -0.2) is 9.78 Å². The van der Waals surface area contributed by atoms with Gasteiger partial charge in [-0.2, -0.15) is 0 Å². The van der Waals surface area contributed by atoms with Crippen LogP contribution in [0.5, 0.6) is 0 Å². The molecule has 3 nitrogen and oxygen atoms in total. The largest absolute Gasteiger partial charge is 0.476 e. The van der Waals surface area contributed by atoms with Gasteiger partial charge in [0.1, 0.15) is 0 Å². The lowest BCUT2D eigenvalue weighted by atomic mass is 9.99. The van der Waals surface area contributed by atoms with Crippen molar-refractivity contribution in [2.24, 2.45) is 0 Å². The van der Waals surface area contributed by atoms with E-state index in [1.807, 2.05) is 13.8 Å². The van der Waals surface area contributed by atoms with E-state index >= 15 is 0 Å². The molecule has 0 saturated carbocycles. The van der Waals surface area contributed by atoms with Gasteiger partial charge in [0.2, 0.25) is 5.01 Å². The first-order valence-electron chi connectivity index (χ1n) is 5.26. The molecule has 4 heteroatoms. The number of aromatic carboxylic acids is 1. The molecule has 0 aliphatic heterocycles. The maximum Gasteiger partial charge on any atom is 0.365 e. The van der Waals surface area contributed by atoms with Crippen LogP contribution in [0.1, 0.15) is 26.5 Å². The number of hydrogen-bond donors (Lipinski definition) is 1. The van der Waals surface area contributed by atoms with Gasteiger partial charge in [0.25, 0.3) is 0 Å². The Balaban J connectivity index is 2.52. The maximum absolute atomic E-state index is 10.8. The molecule has 0 aliphatic carbocycles. The van der Waals surface area contributed by atoms with E-state index in [2.05, 4.69) is 24.0 Å². The average Bonchev–Trinajstić information content (AvgIpc) is 2.72. The first kappa shape index (κ1) is 11.8. The number of thiazole rings is 1. The van der Waals surface area contributed by atoms with Crippen molar-refractivity contribution in [1.82, 2.24) is 4.98 Å². The Hall–Kier alpha value is -1.68. The number of aromatic nitrogens is 1. The minimum absolute atomic E-state index is 0.137. The van der Waals surface area contributed by atoms with E-state index in [0.29, 0.717) is 0 Å². The summed E-state index contributed by atoms with van der Waals surface area (Å²) in [6.45, 7) is 6.13. The number of aryl methyl sites for hydroxylation is 3. The highest BCUT2D eigenvalue weighted by atomic mass is 32.1. The van der Waals surface area contributed by atoms with Crippen LogP contribution in [0.2, 0.25) is 0 Å². The number of benzene rings is 1. The van der Waals surface area contributed by atoms with Crippen molar-refractivity contribution in [3.8, 4) is 11.3 Å². The quantitative estimate of drug-likeness (QED) is 0.884. The van der Waals surface area contributed by atoms with Gasteiger partial charge >= 0.3 is 5.97 Å². The fourth-order valence-electron chi connectivity index (χ4n) is 1.73. The zero-order valence-corrected chi connectivity index (χ0v) is 10.8. The van der Waals surface area contributed by atoms with Gasteiger partial charge in [-0.05, 0) is 43.5 Å². The van der Waals surface area contributed by atoms with Crippen LogP contribution in [0.25, 0.3) is 11.3 Å². The molecule has 0 spiro atoms. The Kier molecular flexibility index (Phi) is 2.98. The number of hydrogen-bond acceptors (Lipinski definition) is 3. The summed E-state index contributed by atoms with van der Waals surface area (Å²) in [5.41, 5.74) is 5.30. The molecule has 0 saturated heterocycles. The van der Waals surface area contributed by atoms with Gasteiger partial charge in [-0.1, -0.05) is 6.07 Å². The van der Waals surface area contributed by atoms with Gasteiger partial charge < -0.3 is 5.11 Å². The van der Waals surface area contributed by atoms with Gasteiger partial charge in [0, 0.05) is 10.9 Å². The summed E-state index contributed by atoms with van der Waals surface area (Å²) in [5.74, 6) is -0.970. The summed E-state index contributed by atoms with van der Waals surface area (Å²) in [7, 11) is 0. The summed E-state index contributed by atoms with van der Waals surface area (Å²) in [5, 5.41) is 10.8. The van der Waals surface area contributed by atoms with Crippen molar-refractivity contribution in [3.63, 3.8) is 0 Å². The first-order chi connectivity index (χ1) is 7.99. The number of carbonyl (C=O) groups is 1. The predicted molar refractivity (Wildman–Crippen MR) is 68.7 cm³/mol. The van der Waals surface area contributed by atoms with Crippen LogP contribution in [0.3, 0.4) is 0 Å². The molecule has 0 radical (unpaired) electrons. The maximum atomic E-state index is 10.8. The highest BCUT2D eigenvalue weighted by molar-refractivity contribution is 7.11. The monoisotopic (exact) mass is 247 g/mol. The van der Waals surface area contributed by atoms with Crippen molar-refractivity contribution in [1.29, 1.82) is 0 Å². The molecule has 1 heterocycles. The van der Waals surface area contributed by atoms with Crippen molar-refractivity contribution in [2.45, 2.75) is 20.8 Å². The number of nitrogens with zero attached hydrogens (tertiary/aromatic N) is 1. The molecule has 0 fully saturated rings. The summed E-state index contributed by atoms with van der Waals surface area (Å²) in [4.78, 5) is 14.9. The molecular weight excluding hydrogens is 234 g/mol. The van der Waals surface area contributed by atoms with Crippen LogP contribution in [-0.2, 0) is 0 Å². The molecule has 0 aliphatic rings. The third-order valence-electron chi connectivity index (χ3n) is 2.80. The third-order valence-corrected chi connectivity index (χ3v) is 3.63. The second-order valence-electron chi connectivity index (χ2n) is 4.09. The molecule has 0 atom stereocenters. The second-order valence-corrected chi connectivity index (χ2v) is 4.95. The van der Waals surface area contributed by atoms with E-state index in [0.717, 1.165) is 28.2 Å². The third kappa shape index (κ3) is 2.22. The molecule has 17 heavy (non-hydrogen) atoms. The van der Waals surface area contributed by atoms with E-state index in [4.69, 9.17) is 5.11 Å². The van der Waals surface area contributed by atoms with Crippen LogP contribution in [-0.4, -0.2) is 16.1 Å². The Morgan fingerprint density at radius 2 is 1.82 bits per heavy atom. The molecule has 1 aromatic heterocycles. The van der Waals surface area contributed by atoms with E-state index in [-0.39, 0.29) is 5.01 Å². The van der Waals surface area contributed by atoms with Gasteiger partial charge in [-0.3, -0.25) is 0 Å². The number of carboxylic acids is 1. The van der Waals surface area contributed by atoms with E-state index in [1.54, 1.807) is 5.38 Å². The molecule has 0 unspecified atom stereocenters. The van der Waals surface area contributed by atoms with Gasteiger partial charge in [-0.15, -0.1) is 11.3 Å². The summed E-state index contributed by atoms with van der Waals surface area (Å²) >= 11 is 1.16. The minimum atomic E-state index is -0.970. The van der Waals surface area contributed by atoms with Crippen molar-refractivity contribution in [2.75, 3.05) is 0 Å². The first-order valence-corrected chi connectivity index (χ1v) is 6.14. The molecule has 1 N–H and O–H groups in total. The highest BCUT2D eigenvalue weighted by Gasteiger charge is 2.12. The molecule has 1 aromatic carbocycles. The fourth-order valence-corrected chi connectivity index (χ4v) is 2.39. The van der Waals surface area contributed by atoms with Crippen molar-refractivity contribution >= 4 is 17.3 Å². The van der Waals surface area contributed by atoms with Gasteiger partial charge in [0.05, 0.1) is 5.69 Å². The molecular formula is C13H13NO2S. The second kappa shape index (κ2) is 4.30. The van der Waals surface area contributed by atoms with Crippen LogP contribution < -0.4 is 0 Å². The van der Waals surface area contributed by atoms with Gasteiger partial charge in [0.15, 0.2) is 0 Å². The lowest BCUT2D eigenvalue weighted by Gasteiger charge is -2.07. The Morgan fingerprint density at radius 3 is 2.41 bits per heavy atom. The van der Waals surface area contributed by atoms with Crippen molar-refractivity contribution in [3.05, 3.63) is 39.2 Å². The molecule has 2 rings (SSSR count). The highest BCUT2D eigenvalue weighted by Crippen LogP contribution is 2.27. The molecule has 88 valence electrons. The average molecular weight is 247 g/mol. The summed E-state index contributed by atoms with van der Waals surface area (Å²) < 4.78 is 0. The summed E-state index contributed by atoms with van der Waals surface area (Å²) in [6, 6.07) is 4.16. The van der Waals surface area contributed by atoms with E-state index in [1.165, 1.54) is 11.1 Å². The van der Waals surface area contributed by atoms with E-state index in [9.17, 15) is 4.79 Å². The standard InChI is InChI=1S/C13H13NO2S/c1-7-4-9(3)10(5-8(7)2)11-6-17-12(14-11)13(15)16/h4-6H,1-3H3,(H,15,16). The number of carboxylic acid groups (broad SMARTS) is 1. The summed E-state index contributed by atoms with van der Waals surface area (Å²) in [6.07, 6.45) is 0. The minimum Gasteiger partial charge on any atom is -0.476 e. The SMILES string of the molecule is Cc1cc(C)c(-c2csc(C(=O)O)n2)cc1C. The normalized spacial score (nSPS) is 10.5. The topological polar surface area (TPSA) is 50.2 Å². The Labute approximate surface area is 104 Å². The number of rotatable bonds is 2. The smallest absolute Gasteiger partial charge is 0.365 e. The predicted octanol–water partition coefficient (Wildman–Crippen LogP) is 3.43. The zero-order valence-electron chi connectivity index (χ0n) is 9.94. The van der Waals surface area contributed by atoms with Crippen LogP contribution in [0, 0.1) is 20.8 Å². The van der Waals surface area contributed by atoms with Crippen LogP contribution >= 0.6 is 11.3 Å². The fraction of sp³-hybridized carbons (Fsp3) is 0.231. The Bertz CT molecular complexity index is 587.